The molecular weight excluding hydrogens is 303 g/mol. The third-order valence-electron chi connectivity index (χ3n) is 4.90. The first kappa shape index (κ1) is 19.9. The number of hydrogen-bond acceptors (Lipinski definition) is 2. The van der Waals surface area contributed by atoms with Crippen molar-refractivity contribution in [2.75, 3.05) is 13.1 Å². The molecule has 3 rings (SSSR count). The van der Waals surface area contributed by atoms with Gasteiger partial charge in [-0.05, 0) is 40.0 Å². The zero-order valence-electron chi connectivity index (χ0n) is 16.4. The Balaban J connectivity index is 0.00000208. The number of nitrogens with zero attached hydrogens (tertiary/aromatic N) is 1. The molecule has 0 saturated carbocycles. The molecule has 1 unspecified atom stereocenters. The molecule has 1 aromatic rings. The Morgan fingerprint density at radius 3 is 2.33 bits per heavy atom. The predicted octanol–water partition coefficient (Wildman–Crippen LogP) is 1.55. The van der Waals surface area contributed by atoms with E-state index in [9.17, 15) is 0 Å². The molecule has 1 fully saturated rings. The van der Waals surface area contributed by atoms with E-state index in [1.165, 1.54) is 49.2 Å². The topological polar surface area (TPSA) is 15.3 Å². The Labute approximate surface area is 161 Å². The van der Waals surface area contributed by atoms with Gasteiger partial charge < -0.3 is 9.88 Å². The summed E-state index contributed by atoms with van der Waals surface area (Å²) in [7, 11) is -1.67. The molecule has 2 nitrogen and oxygen atoms in total. The van der Waals surface area contributed by atoms with E-state index in [0.717, 1.165) is 0 Å². The summed E-state index contributed by atoms with van der Waals surface area (Å²) in [5.74, 6) is 0. The van der Waals surface area contributed by atoms with Crippen LogP contribution in [0.15, 0.2) is 24.3 Å². The van der Waals surface area contributed by atoms with Gasteiger partial charge in [0.25, 0.3) is 0 Å². The van der Waals surface area contributed by atoms with Crippen LogP contribution >= 0.6 is 0 Å². The summed E-state index contributed by atoms with van der Waals surface area (Å²) in [5, 5.41) is 0. The molecule has 24 heavy (non-hydrogen) atoms. The Bertz CT molecular complexity index is 598. The monoisotopic (exact) mass is 334 g/mol. The number of hydrogen-bond donors (Lipinski definition) is 1. The third-order valence-corrected chi connectivity index (χ3v) is 8.19. The number of allylic oxidation sites excluding steroid dienone is 1. The number of likely N-dealkylation sites (tertiary alicyclic amines) is 1. The average Bonchev–Trinajstić information content (AvgIpc) is 2.86. The van der Waals surface area contributed by atoms with E-state index in [4.69, 9.17) is 0 Å². The van der Waals surface area contributed by atoms with Crippen molar-refractivity contribution in [2.24, 2.45) is 0 Å². The van der Waals surface area contributed by atoms with Crippen LogP contribution < -0.4 is 23.8 Å². The van der Waals surface area contributed by atoms with Crippen LogP contribution in [-0.4, -0.2) is 31.8 Å². The number of rotatable bonds is 3. The first-order chi connectivity index (χ1) is 10.8. The summed E-state index contributed by atoms with van der Waals surface area (Å²) in [6.07, 6.45) is 7.94. The number of benzene rings is 1. The van der Waals surface area contributed by atoms with E-state index in [1.54, 1.807) is 0 Å². The Morgan fingerprint density at radius 2 is 1.71 bits per heavy atom. The second-order valence-corrected chi connectivity index (χ2v) is 12.9. The van der Waals surface area contributed by atoms with Crippen LogP contribution in [0.3, 0.4) is 0 Å². The van der Waals surface area contributed by atoms with Gasteiger partial charge in [0, 0.05) is 18.6 Å². The molecule has 1 aromatic carbocycles. The first-order valence-corrected chi connectivity index (χ1v) is 12.1. The molecule has 1 N–H and O–H groups in total. The molecule has 1 saturated heterocycles. The van der Waals surface area contributed by atoms with Gasteiger partial charge in [0.15, 0.2) is 0 Å². The average molecular weight is 335 g/mol. The number of nitrogens with one attached hydrogen (secondary N) is 1. The molecule has 2 aliphatic rings. The summed E-state index contributed by atoms with van der Waals surface area (Å²) < 4.78 is 0. The fraction of sp³-hybridized carbons (Fsp3) is 0.600. The minimum absolute atomic E-state index is 0. The molecule has 0 radical (unpaired) electrons. The minimum Gasteiger partial charge on any atom is -0.405 e. The Hall–Kier alpha value is -0.466. The van der Waals surface area contributed by atoms with Crippen molar-refractivity contribution in [2.45, 2.75) is 64.2 Å². The molecule has 0 amide bonds. The Morgan fingerprint density at radius 1 is 1.08 bits per heavy atom. The van der Waals surface area contributed by atoms with Crippen molar-refractivity contribution in [1.29, 1.82) is 0 Å². The molecule has 1 heterocycles. The molecule has 1 aliphatic carbocycles. The number of fused-ring (bicyclic) bond motifs is 1. The summed E-state index contributed by atoms with van der Waals surface area (Å²) in [6, 6.07) is 8.99. The van der Waals surface area contributed by atoms with Gasteiger partial charge >= 0.3 is 18.9 Å². The standard InChI is InChI=1S/C20H31N2Si.Li/c1-20(2,3)21-23(4,5)19-15-18(22-13-9-6-10-14-22)16-11-7-8-12-17(16)19;/h7-8,11-12,19,21H,6,9-10,13-14H2,1-5H3;/q-1;+1. The van der Waals surface area contributed by atoms with Gasteiger partial charge in [-0.2, -0.15) is 5.56 Å². The van der Waals surface area contributed by atoms with Gasteiger partial charge in [-0.1, -0.05) is 36.8 Å². The van der Waals surface area contributed by atoms with Gasteiger partial charge in [-0.15, -0.1) is 17.3 Å². The third kappa shape index (κ3) is 4.19. The summed E-state index contributed by atoms with van der Waals surface area (Å²) >= 11 is 0. The molecule has 0 aromatic heterocycles. The summed E-state index contributed by atoms with van der Waals surface area (Å²) in [6.45, 7) is 14.1. The van der Waals surface area contributed by atoms with Crippen LogP contribution in [0.4, 0.5) is 0 Å². The van der Waals surface area contributed by atoms with Crippen molar-refractivity contribution >= 4 is 13.9 Å². The molecular formula is C20H31LiN2Si. The second kappa shape index (κ2) is 7.42. The zero-order valence-corrected chi connectivity index (χ0v) is 17.4. The molecule has 0 spiro atoms. The van der Waals surface area contributed by atoms with Crippen molar-refractivity contribution in [3.63, 3.8) is 0 Å². The van der Waals surface area contributed by atoms with Gasteiger partial charge in [-0.3, -0.25) is 0 Å². The van der Waals surface area contributed by atoms with E-state index in [2.05, 4.69) is 74.1 Å². The first-order valence-electron chi connectivity index (χ1n) is 9.05. The van der Waals surface area contributed by atoms with Gasteiger partial charge in [-0.25, -0.2) is 6.08 Å². The summed E-state index contributed by atoms with van der Waals surface area (Å²) in [5.41, 5.74) is 4.88. The molecule has 1 aliphatic heterocycles. The van der Waals surface area contributed by atoms with Crippen LogP contribution in [0.5, 0.6) is 0 Å². The van der Waals surface area contributed by atoms with Crippen molar-refractivity contribution in [3.05, 3.63) is 41.5 Å². The van der Waals surface area contributed by atoms with Crippen LogP contribution in [0.25, 0.3) is 5.70 Å². The van der Waals surface area contributed by atoms with Crippen molar-refractivity contribution < 1.29 is 18.9 Å². The second-order valence-electron chi connectivity index (χ2n) is 8.66. The Kier molecular flexibility index (Phi) is 6.14. The molecule has 4 heteroatoms. The van der Waals surface area contributed by atoms with E-state index in [1.807, 2.05) is 0 Å². The van der Waals surface area contributed by atoms with Crippen LogP contribution in [0.2, 0.25) is 13.1 Å². The minimum atomic E-state index is -1.67. The zero-order chi connectivity index (χ0) is 16.7. The van der Waals surface area contributed by atoms with Crippen LogP contribution in [0, 0.1) is 6.08 Å². The van der Waals surface area contributed by atoms with E-state index in [0.29, 0.717) is 5.54 Å². The van der Waals surface area contributed by atoms with Gasteiger partial charge in [0.05, 0.1) is 0 Å². The van der Waals surface area contributed by atoms with Crippen molar-refractivity contribution in [1.82, 2.24) is 9.88 Å². The largest absolute Gasteiger partial charge is 1.00 e. The van der Waals surface area contributed by atoms with E-state index in [-0.39, 0.29) is 24.4 Å². The van der Waals surface area contributed by atoms with Crippen LogP contribution in [-0.2, 0) is 0 Å². The number of piperidine rings is 1. The molecule has 1 atom stereocenters. The molecule has 126 valence electrons. The van der Waals surface area contributed by atoms with Crippen LogP contribution in [0.1, 0.15) is 56.7 Å². The quantitative estimate of drug-likeness (QED) is 0.666. The normalized spacial score (nSPS) is 21.1. The predicted molar refractivity (Wildman–Crippen MR) is 102 cm³/mol. The van der Waals surface area contributed by atoms with E-state index >= 15 is 0 Å². The fourth-order valence-electron chi connectivity index (χ4n) is 4.24. The van der Waals surface area contributed by atoms with Crippen molar-refractivity contribution in [3.8, 4) is 0 Å². The van der Waals surface area contributed by atoms with E-state index < -0.39 is 8.24 Å². The van der Waals surface area contributed by atoms with Gasteiger partial charge in [0.2, 0.25) is 0 Å². The smallest absolute Gasteiger partial charge is 0.405 e. The summed E-state index contributed by atoms with van der Waals surface area (Å²) in [4.78, 5) is 6.52. The maximum absolute atomic E-state index is 3.95. The fourth-order valence-corrected chi connectivity index (χ4v) is 7.85. The SMILES string of the molecule is CC(C)(C)N[Si](C)(C)C1[C-]=C(N2CCCCC2)c2ccccc21.[Li+]. The van der Waals surface area contributed by atoms with Gasteiger partial charge in [0.1, 0.15) is 8.24 Å². The molecule has 0 bridgehead atoms. The maximum atomic E-state index is 3.95. The maximum Gasteiger partial charge on any atom is 1.00 e.